The molecule has 2 aromatic carbocycles. The van der Waals surface area contributed by atoms with Gasteiger partial charge in [-0.05, 0) is 48.2 Å². The normalized spacial score (nSPS) is 13.4. The molecule has 16 heteroatoms. The predicted octanol–water partition coefficient (Wildman–Crippen LogP) is 1.43. The number of aryl methyl sites for hydroxylation is 1. The summed E-state index contributed by atoms with van der Waals surface area (Å²) in [4.78, 5) is 0. The van der Waals surface area contributed by atoms with Crippen LogP contribution in [0.1, 0.15) is 17.5 Å². The molecule has 0 aliphatic carbocycles. The predicted molar refractivity (Wildman–Crippen MR) is 117 cm³/mol. The molecule has 0 aromatic heterocycles. The Bertz CT molecular complexity index is 1240. The fraction of sp³-hybridized carbons (Fsp3) is 0.333. The van der Waals surface area contributed by atoms with Crippen molar-refractivity contribution in [1.29, 1.82) is 0 Å². The smallest absolute Gasteiger partial charge is 0.446 e. The SMILES string of the molecule is O=S(=O)(O)OCCCc1ccc(O[C@@H](COS(=O)(=O)O)Cc2ccc(OS(=O)(=O)O)cc2)cc1. The third kappa shape index (κ3) is 12.2. The summed E-state index contributed by atoms with van der Waals surface area (Å²) in [6, 6.07) is 12.0. The minimum absolute atomic E-state index is 0.0936. The van der Waals surface area contributed by atoms with Crippen molar-refractivity contribution >= 4 is 31.2 Å². The Kier molecular flexibility index (Phi) is 9.77. The monoisotopic (exact) mass is 542 g/mol. The van der Waals surface area contributed by atoms with Crippen molar-refractivity contribution in [2.75, 3.05) is 13.2 Å². The molecule has 0 amide bonds. The summed E-state index contributed by atoms with van der Waals surface area (Å²) in [6.45, 7) is -0.725. The third-order valence-electron chi connectivity index (χ3n) is 4.06. The number of benzene rings is 2. The molecule has 0 saturated heterocycles. The molecular formula is C18H22O13S3. The average Bonchev–Trinajstić information content (AvgIpc) is 2.70. The molecule has 2 rings (SSSR count). The Hall–Kier alpha value is -2.31. The Morgan fingerprint density at radius 3 is 1.74 bits per heavy atom. The van der Waals surface area contributed by atoms with E-state index in [1.165, 1.54) is 24.3 Å². The lowest BCUT2D eigenvalue weighted by Gasteiger charge is -2.19. The summed E-state index contributed by atoms with van der Waals surface area (Å²) in [5.41, 5.74) is 1.38. The Balaban J connectivity index is 2.02. The molecule has 3 N–H and O–H groups in total. The van der Waals surface area contributed by atoms with Crippen molar-refractivity contribution in [3.8, 4) is 11.5 Å². The van der Waals surface area contributed by atoms with E-state index in [9.17, 15) is 25.3 Å². The summed E-state index contributed by atoms with van der Waals surface area (Å²) in [5.74, 6) is 0.198. The maximum atomic E-state index is 11.0. The maximum Gasteiger partial charge on any atom is 0.446 e. The molecule has 1 atom stereocenters. The van der Waals surface area contributed by atoms with Crippen LogP contribution in [0.15, 0.2) is 48.5 Å². The zero-order chi connectivity index (χ0) is 25.4. The van der Waals surface area contributed by atoms with Crippen LogP contribution < -0.4 is 8.92 Å². The van der Waals surface area contributed by atoms with Crippen LogP contribution in [0.3, 0.4) is 0 Å². The average molecular weight is 543 g/mol. The first kappa shape index (κ1) is 27.9. The number of hydrogen-bond acceptors (Lipinski definition) is 10. The summed E-state index contributed by atoms with van der Waals surface area (Å²) >= 11 is 0. The van der Waals surface area contributed by atoms with E-state index in [0.29, 0.717) is 24.2 Å². The van der Waals surface area contributed by atoms with Gasteiger partial charge in [0.25, 0.3) is 0 Å². The van der Waals surface area contributed by atoms with Crippen LogP contribution in [0.5, 0.6) is 11.5 Å². The molecule has 190 valence electrons. The molecule has 0 spiro atoms. The third-order valence-corrected chi connectivity index (χ3v) is 5.36. The van der Waals surface area contributed by atoms with Crippen LogP contribution >= 0.6 is 0 Å². The number of hydrogen-bond donors (Lipinski definition) is 3. The second-order valence-electron chi connectivity index (χ2n) is 6.81. The zero-order valence-corrected chi connectivity index (χ0v) is 19.8. The first-order chi connectivity index (χ1) is 15.7. The lowest BCUT2D eigenvalue weighted by molar-refractivity contribution is 0.123. The number of rotatable bonds is 14. The van der Waals surface area contributed by atoms with Gasteiger partial charge in [-0.3, -0.25) is 13.7 Å². The van der Waals surface area contributed by atoms with E-state index in [1.54, 1.807) is 24.3 Å². The lowest BCUT2D eigenvalue weighted by atomic mass is 10.1. The topological polar surface area (TPSA) is 200 Å². The molecule has 0 fully saturated rings. The summed E-state index contributed by atoms with van der Waals surface area (Å²) in [5, 5.41) is 0. The maximum absolute atomic E-state index is 11.0. The van der Waals surface area contributed by atoms with Gasteiger partial charge in [-0.15, -0.1) is 0 Å². The minimum Gasteiger partial charge on any atom is -0.488 e. The van der Waals surface area contributed by atoms with E-state index >= 15 is 0 Å². The van der Waals surface area contributed by atoms with Crippen LogP contribution in [-0.2, 0) is 52.4 Å². The Labute approximate surface area is 197 Å². The van der Waals surface area contributed by atoms with Gasteiger partial charge in [-0.1, -0.05) is 24.3 Å². The highest BCUT2D eigenvalue weighted by Gasteiger charge is 2.17. The highest BCUT2D eigenvalue weighted by molar-refractivity contribution is 7.81. The van der Waals surface area contributed by atoms with Gasteiger partial charge in [0.05, 0.1) is 6.61 Å². The van der Waals surface area contributed by atoms with E-state index in [0.717, 1.165) is 5.56 Å². The molecule has 34 heavy (non-hydrogen) atoms. The van der Waals surface area contributed by atoms with Gasteiger partial charge >= 0.3 is 31.2 Å². The lowest BCUT2D eigenvalue weighted by Crippen LogP contribution is -2.27. The van der Waals surface area contributed by atoms with Crippen molar-refractivity contribution in [3.63, 3.8) is 0 Å². The standard InChI is InChI=1S/C18H22O13S3/c19-32(20,21)28-11-1-2-14-3-7-16(8-4-14)30-18(13-29-33(22,23)24)12-15-5-9-17(10-6-15)31-34(25,26)27/h3-10,18H,1-2,11-13H2,(H,19,20,21)(H,22,23,24)(H,25,26,27)/t18-/m1/s1. The zero-order valence-electron chi connectivity index (χ0n) is 17.4. The van der Waals surface area contributed by atoms with E-state index in [2.05, 4.69) is 12.5 Å². The van der Waals surface area contributed by atoms with Crippen LogP contribution in [-0.4, -0.2) is 58.2 Å². The summed E-state index contributed by atoms with van der Waals surface area (Å²) in [6.07, 6.45) is -0.0222. The van der Waals surface area contributed by atoms with E-state index in [4.69, 9.17) is 18.4 Å². The van der Waals surface area contributed by atoms with Gasteiger partial charge in [0.1, 0.15) is 24.2 Å². The van der Waals surface area contributed by atoms with Gasteiger partial charge in [0.2, 0.25) is 0 Å². The minimum atomic E-state index is -4.73. The van der Waals surface area contributed by atoms with Crippen molar-refractivity contribution in [1.82, 2.24) is 0 Å². The first-order valence-corrected chi connectivity index (χ1v) is 13.5. The van der Waals surface area contributed by atoms with Crippen molar-refractivity contribution in [3.05, 3.63) is 59.7 Å². The molecule has 0 unspecified atom stereocenters. The molecule has 0 aliphatic rings. The second kappa shape index (κ2) is 11.9. The van der Waals surface area contributed by atoms with Gasteiger partial charge < -0.3 is 8.92 Å². The van der Waals surface area contributed by atoms with Crippen molar-refractivity contribution in [2.24, 2.45) is 0 Å². The molecule has 0 radical (unpaired) electrons. The molecule has 2 aromatic rings. The molecule has 13 nitrogen and oxygen atoms in total. The quantitative estimate of drug-likeness (QED) is 0.229. The van der Waals surface area contributed by atoms with E-state index in [-0.39, 0.29) is 18.8 Å². The van der Waals surface area contributed by atoms with Gasteiger partial charge in [-0.2, -0.15) is 25.3 Å². The largest absolute Gasteiger partial charge is 0.488 e. The molecular weight excluding hydrogens is 520 g/mol. The second-order valence-corrected chi connectivity index (χ2v) is 10.0. The highest BCUT2D eigenvalue weighted by Crippen LogP contribution is 2.19. The fourth-order valence-corrected chi connectivity index (χ4v) is 3.74. The Morgan fingerprint density at radius 1 is 0.676 bits per heavy atom. The van der Waals surface area contributed by atoms with E-state index < -0.39 is 43.9 Å². The van der Waals surface area contributed by atoms with Crippen LogP contribution in [0.25, 0.3) is 0 Å². The fourth-order valence-electron chi connectivity index (χ4n) is 2.73. The Morgan fingerprint density at radius 2 is 1.21 bits per heavy atom. The molecule has 0 bridgehead atoms. The van der Waals surface area contributed by atoms with Crippen LogP contribution in [0, 0.1) is 0 Å². The molecule has 0 heterocycles. The van der Waals surface area contributed by atoms with Crippen molar-refractivity contribution < 1.29 is 56.2 Å². The van der Waals surface area contributed by atoms with Crippen molar-refractivity contribution in [2.45, 2.75) is 25.4 Å². The van der Waals surface area contributed by atoms with Crippen LogP contribution in [0.2, 0.25) is 0 Å². The molecule has 0 aliphatic heterocycles. The summed E-state index contributed by atoms with van der Waals surface area (Å²) in [7, 11) is -13.9. The van der Waals surface area contributed by atoms with Gasteiger partial charge in [0.15, 0.2) is 0 Å². The number of ether oxygens (including phenoxy) is 1. The highest BCUT2D eigenvalue weighted by atomic mass is 32.3. The summed E-state index contributed by atoms with van der Waals surface area (Å²) < 4.78 is 109. The van der Waals surface area contributed by atoms with Gasteiger partial charge in [0, 0.05) is 6.42 Å². The first-order valence-electron chi connectivity index (χ1n) is 9.44. The van der Waals surface area contributed by atoms with Crippen LogP contribution in [0.4, 0.5) is 0 Å². The van der Waals surface area contributed by atoms with Gasteiger partial charge in [-0.25, -0.2) is 8.37 Å². The van der Waals surface area contributed by atoms with E-state index in [1.807, 2.05) is 0 Å². The molecule has 0 saturated carbocycles.